The van der Waals surface area contributed by atoms with Crippen LogP contribution in [0.15, 0.2) is 36.4 Å². The van der Waals surface area contributed by atoms with E-state index < -0.39 is 5.82 Å². The van der Waals surface area contributed by atoms with Gasteiger partial charge < -0.3 is 5.32 Å². The summed E-state index contributed by atoms with van der Waals surface area (Å²) in [5.41, 5.74) is 1.87. The summed E-state index contributed by atoms with van der Waals surface area (Å²) in [5, 5.41) is 21.2. The second-order valence-corrected chi connectivity index (χ2v) is 4.49. The number of halogens is 2. The summed E-state index contributed by atoms with van der Waals surface area (Å²) in [6.07, 6.45) is 0. The van der Waals surface area contributed by atoms with E-state index in [1.165, 1.54) is 12.1 Å². The van der Waals surface area contributed by atoms with Gasteiger partial charge in [0.15, 0.2) is 0 Å². The van der Waals surface area contributed by atoms with Crippen molar-refractivity contribution in [1.82, 2.24) is 0 Å². The zero-order valence-electron chi connectivity index (χ0n) is 10.3. The SMILES string of the molecule is N#Cc1ccc(Cl)c(NCc2ccc(F)c(C#N)c2)c1. The fourth-order valence-corrected chi connectivity index (χ4v) is 1.88. The third-order valence-electron chi connectivity index (χ3n) is 2.73. The van der Waals surface area contributed by atoms with Gasteiger partial charge in [0, 0.05) is 6.54 Å². The van der Waals surface area contributed by atoms with E-state index in [2.05, 4.69) is 5.32 Å². The molecule has 0 aliphatic rings. The van der Waals surface area contributed by atoms with E-state index in [9.17, 15) is 4.39 Å². The van der Waals surface area contributed by atoms with Crippen LogP contribution in [0.2, 0.25) is 5.02 Å². The molecular weight excluding hydrogens is 277 g/mol. The number of nitrogens with zero attached hydrogens (tertiary/aromatic N) is 2. The Morgan fingerprint density at radius 2 is 1.90 bits per heavy atom. The predicted octanol–water partition coefficient (Wildman–Crippen LogP) is 3.83. The van der Waals surface area contributed by atoms with Crippen molar-refractivity contribution >= 4 is 17.3 Å². The molecule has 0 unspecified atom stereocenters. The fraction of sp³-hybridized carbons (Fsp3) is 0.0667. The van der Waals surface area contributed by atoms with Crippen molar-refractivity contribution < 1.29 is 4.39 Å². The van der Waals surface area contributed by atoms with Crippen LogP contribution in [0.1, 0.15) is 16.7 Å². The van der Waals surface area contributed by atoms with Crippen LogP contribution in [0.4, 0.5) is 10.1 Å². The van der Waals surface area contributed by atoms with Gasteiger partial charge in [-0.15, -0.1) is 0 Å². The lowest BCUT2D eigenvalue weighted by atomic mass is 10.1. The van der Waals surface area contributed by atoms with Crippen molar-refractivity contribution in [3.05, 3.63) is 63.9 Å². The number of hydrogen-bond donors (Lipinski definition) is 1. The summed E-state index contributed by atoms with van der Waals surface area (Å²) in [4.78, 5) is 0. The Hall–Kier alpha value is -2.56. The minimum absolute atomic E-state index is 0.00109. The molecule has 0 heterocycles. The van der Waals surface area contributed by atoms with Gasteiger partial charge in [0.1, 0.15) is 11.9 Å². The van der Waals surface area contributed by atoms with Crippen LogP contribution in [0.5, 0.6) is 0 Å². The molecule has 20 heavy (non-hydrogen) atoms. The van der Waals surface area contributed by atoms with Crippen molar-refractivity contribution in [1.29, 1.82) is 10.5 Å². The molecule has 0 atom stereocenters. The Labute approximate surface area is 120 Å². The second-order valence-electron chi connectivity index (χ2n) is 4.09. The molecule has 2 aromatic carbocycles. The maximum Gasteiger partial charge on any atom is 0.140 e. The van der Waals surface area contributed by atoms with E-state index in [1.54, 1.807) is 30.3 Å². The number of rotatable bonds is 3. The molecule has 0 aliphatic carbocycles. The van der Waals surface area contributed by atoms with Crippen LogP contribution in [-0.4, -0.2) is 0 Å². The first-order valence-corrected chi connectivity index (χ1v) is 6.14. The molecule has 0 fully saturated rings. The van der Waals surface area contributed by atoms with Gasteiger partial charge in [0.2, 0.25) is 0 Å². The Balaban J connectivity index is 2.17. The highest BCUT2D eigenvalue weighted by Gasteiger charge is 2.05. The predicted molar refractivity (Wildman–Crippen MR) is 74.6 cm³/mol. The van der Waals surface area contributed by atoms with Gasteiger partial charge in [-0.05, 0) is 35.9 Å². The average Bonchev–Trinajstić information content (AvgIpc) is 2.47. The number of benzene rings is 2. The Morgan fingerprint density at radius 1 is 1.10 bits per heavy atom. The molecule has 0 saturated heterocycles. The van der Waals surface area contributed by atoms with Gasteiger partial charge in [-0.25, -0.2) is 4.39 Å². The van der Waals surface area contributed by atoms with Crippen molar-refractivity contribution in [2.24, 2.45) is 0 Å². The lowest BCUT2D eigenvalue weighted by molar-refractivity contribution is 0.623. The van der Waals surface area contributed by atoms with Crippen LogP contribution in [-0.2, 0) is 6.54 Å². The lowest BCUT2D eigenvalue weighted by Gasteiger charge is -2.09. The molecule has 0 aliphatic heterocycles. The quantitative estimate of drug-likeness (QED) is 0.932. The number of hydrogen-bond acceptors (Lipinski definition) is 3. The zero-order valence-corrected chi connectivity index (χ0v) is 11.1. The summed E-state index contributed by atoms with van der Waals surface area (Å²) in [5.74, 6) is -0.541. The van der Waals surface area contributed by atoms with Gasteiger partial charge in [-0.1, -0.05) is 17.7 Å². The molecule has 0 radical (unpaired) electrons. The smallest absolute Gasteiger partial charge is 0.140 e. The summed E-state index contributed by atoms with van der Waals surface area (Å²) < 4.78 is 13.2. The van der Waals surface area contributed by atoms with Crippen molar-refractivity contribution in [2.45, 2.75) is 6.54 Å². The molecule has 1 N–H and O–H groups in total. The topological polar surface area (TPSA) is 59.6 Å². The van der Waals surface area contributed by atoms with Gasteiger partial charge >= 0.3 is 0 Å². The van der Waals surface area contributed by atoms with Crippen LogP contribution in [0, 0.1) is 28.5 Å². The molecule has 2 rings (SSSR count). The lowest BCUT2D eigenvalue weighted by Crippen LogP contribution is -2.01. The summed E-state index contributed by atoms with van der Waals surface area (Å²) in [7, 11) is 0. The van der Waals surface area contributed by atoms with E-state index in [4.69, 9.17) is 22.1 Å². The fourth-order valence-electron chi connectivity index (χ4n) is 1.70. The largest absolute Gasteiger partial charge is 0.380 e. The molecule has 0 aromatic heterocycles. The van der Waals surface area contributed by atoms with E-state index in [0.29, 0.717) is 22.8 Å². The molecule has 5 heteroatoms. The first-order chi connectivity index (χ1) is 9.63. The molecule has 0 saturated carbocycles. The number of nitrogens with one attached hydrogen (secondary N) is 1. The maximum atomic E-state index is 13.2. The van der Waals surface area contributed by atoms with Crippen LogP contribution >= 0.6 is 11.6 Å². The summed E-state index contributed by atoms with van der Waals surface area (Å²) >= 11 is 6.02. The van der Waals surface area contributed by atoms with Gasteiger partial charge in [-0.3, -0.25) is 0 Å². The van der Waals surface area contributed by atoms with Crippen LogP contribution in [0.3, 0.4) is 0 Å². The third-order valence-corrected chi connectivity index (χ3v) is 3.06. The normalized spacial score (nSPS) is 9.60. The molecule has 3 nitrogen and oxygen atoms in total. The van der Waals surface area contributed by atoms with Crippen molar-refractivity contribution in [3.8, 4) is 12.1 Å². The molecule has 98 valence electrons. The van der Waals surface area contributed by atoms with Crippen molar-refractivity contribution in [3.63, 3.8) is 0 Å². The maximum absolute atomic E-state index is 13.2. The standard InChI is InChI=1S/C15H9ClFN3/c16-13-3-1-10(7-18)6-15(13)20-9-11-2-4-14(17)12(5-11)8-19/h1-6,20H,9H2. The second kappa shape index (κ2) is 6.06. The van der Waals surface area contributed by atoms with Crippen LogP contribution in [0.25, 0.3) is 0 Å². The van der Waals surface area contributed by atoms with E-state index in [-0.39, 0.29) is 5.56 Å². The summed E-state index contributed by atoms with van der Waals surface area (Å²) in [6.45, 7) is 0.379. The first kappa shape index (κ1) is 13.9. The molecule has 0 spiro atoms. The Morgan fingerprint density at radius 3 is 2.60 bits per heavy atom. The Bertz CT molecular complexity index is 729. The molecular formula is C15H9ClFN3. The van der Waals surface area contributed by atoms with E-state index >= 15 is 0 Å². The van der Waals surface area contributed by atoms with Gasteiger partial charge in [-0.2, -0.15) is 10.5 Å². The van der Waals surface area contributed by atoms with Gasteiger partial charge in [0.05, 0.1) is 27.9 Å². The average molecular weight is 286 g/mol. The first-order valence-electron chi connectivity index (χ1n) is 5.76. The molecule has 0 amide bonds. The monoisotopic (exact) mass is 285 g/mol. The number of nitriles is 2. The van der Waals surface area contributed by atoms with E-state index in [1.807, 2.05) is 6.07 Å². The molecule has 2 aromatic rings. The minimum atomic E-state index is -0.541. The zero-order chi connectivity index (χ0) is 14.5. The number of anilines is 1. The highest BCUT2D eigenvalue weighted by molar-refractivity contribution is 6.33. The summed E-state index contributed by atoms with van der Waals surface area (Å²) in [6, 6.07) is 13.0. The van der Waals surface area contributed by atoms with Gasteiger partial charge in [0.25, 0.3) is 0 Å². The molecule has 0 bridgehead atoms. The minimum Gasteiger partial charge on any atom is -0.380 e. The van der Waals surface area contributed by atoms with E-state index in [0.717, 1.165) is 5.56 Å². The highest BCUT2D eigenvalue weighted by atomic mass is 35.5. The van der Waals surface area contributed by atoms with Crippen LogP contribution < -0.4 is 5.32 Å². The Kier molecular flexibility index (Phi) is 4.20. The third kappa shape index (κ3) is 3.06. The van der Waals surface area contributed by atoms with Crippen molar-refractivity contribution in [2.75, 3.05) is 5.32 Å². The highest BCUT2D eigenvalue weighted by Crippen LogP contribution is 2.23.